The van der Waals surface area contributed by atoms with E-state index in [4.69, 9.17) is 5.73 Å². The lowest BCUT2D eigenvalue weighted by molar-refractivity contribution is 0.0922. The van der Waals surface area contributed by atoms with E-state index in [-0.39, 0.29) is 11.4 Å². The number of amides is 2. The molecular weight excluding hydrogens is 440 g/mol. The first-order valence-electron chi connectivity index (χ1n) is 10.4. The Morgan fingerprint density at radius 1 is 1.18 bits per heavy atom. The van der Waals surface area contributed by atoms with Crippen LogP contribution in [0.2, 0.25) is 0 Å². The predicted octanol–water partition coefficient (Wildman–Crippen LogP) is 2.59. The fraction of sp³-hybridized carbons (Fsp3) is 0.174. The number of carbonyl (C=O) groups is 2. The van der Waals surface area contributed by atoms with E-state index < -0.39 is 23.4 Å². The van der Waals surface area contributed by atoms with Gasteiger partial charge in [-0.1, -0.05) is 24.3 Å². The molecule has 5 rings (SSSR count). The highest BCUT2D eigenvalue weighted by atomic mass is 32.1. The molecule has 9 nitrogen and oxygen atoms in total. The maximum atomic E-state index is 13.2. The Labute approximate surface area is 192 Å². The Morgan fingerprint density at radius 2 is 2.00 bits per heavy atom. The zero-order chi connectivity index (χ0) is 22.9. The number of primary amides is 1. The standard InChI is InChI=1S/C23H20N6O3S/c24-19(30)15-12-14-16(25-22(15)31)8-4-9-17(14)26-23(32)20-27-21(18-10-5-11-33-18)29(28-20)13-6-2-1-3-7-13/h1-3,5-7,10-12,17H,4,8-9H2,(H2,24,30)(H,25,31)(H,26,32). The smallest absolute Gasteiger partial charge is 0.291 e. The topological polar surface area (TPSA) is 136 Å². The third kappa shape index (κ3) is 3.96. The van der Waals surface area contributed by atoms with Gasteiger partial charge in [-0.25, -0.2) is 9.67 Å². The summed E-state index contributed by atoms with van der Waals surface area (Å²) < 4.78 is 1.65. The number of pyridine rings is 1. The molecule has 0 radical (unpaired) electrons. The van der Waals surface area contributed by atoms with E-state index in [9.17, 15) is 14.4 Å². The van der Waals surface area contributed by atoms with Crippen molar-refractivity contribution in [2.45, 2.75) is 25.3 Å². The van der Waals surface area contributed by atoms with Crippen LogP contribution < -0.4 is 16.6 Å². The van der Waals surface area contributed by atoms with Crippen LogP contribution in [-0.4, -0.2) is 31.6 Å². The van der Waals surface area contributed by atoms with Gasteiger partial charge in [-0.05, 0) is 54.5 Å². The lowest BCUT2D eigenvalue weighted by Crippen LogP contribution is -2.34. The lowest BCUT2D eigenvalue weighted by Gasteiger charge is -2.26. The largest absolute Gasteiger partial charge is 0.365 e. The fourth-order valence-electron chi connectivity index (χ4n) is 4.02. The van der Waals surface area contributed by atoms with Gasteiger partial charge in [0.15, 0.2) is 5.82 Å². The van der Waals surface area contributed by atoms with Crippen LogP contribution in [0.3, 0.4) is 0 Å². The number of aryl methyl sites for hydroxylation is 1. The minimum atomic E-state index is -0.807. The van der Waals surface area contributed by atoms with Crippen LogP contribution in [0.5, 0.6) is 0 Å². The number of hydrogen-bond acceptors (Lipinski definition) is 6. The van der Waals surface area contributed by atoms with E-state index in [0.29, 0.717) is 29.9 Å². The minimum absolute atomic E-state index is 0.0360. The summed E-state index contributed by atoms with van der Waals surface area (Å²) in [6.45, 7) is 0. The van der Waals surface area contributed by atoms with Crippen LogP contribution in [0.4, 0.5) is 0 Å². The molecule has 0 aliphatic heterocycles. The second kappa shape index (κ2) is 8.47. The maximum absolute atomic E-state index is 13.2. The number of rotatable bonds is 5. The molecule has 10 heteroatoms. The molecule has 0 fully saturated rings. The number of nitrogens with two attached hydrogens (primary N) is 1. The van der Waals surface area contributed by atoms with Gasteiger partial charge in [-0.15, -0.1) is 16.4 Å². The summed E-state index contributed by atoms with van der Waals surface area (Å²) in [6, 6.07) is 14.4. The van der Waals surface area contributed by atoms with Gasteiger partial charge < -0.3 is 16.0 Å². The number of nitrogens with one attached hydrogen (secondary N) is 2. The third-order valence-corrected chi connectivity index (χ3v) is 6.44. The van der Waals surface area contributed by atoms with Gasteiger partial charge in [0.05, 0.1) is 16.6 Å². The molecular formula is C23H20N6O3S. The fourth-order valence-corrected chi connectivity index (χ4v) is 4.72. The Bertz CT molecular complexity index is 1390. The summed E-state index contributed by atoms with van der Waals surface area (Å²) in [4.78, 5) is 45.1. The number of para-hydroxylation sites is 1. The van der Waals surface area contributed by atoms with Crippen molar-refractivity contribution in [2.24, 2.45) is 5.73 Å². The highest BCUT2D eigenvalue weighted by Gasteiger charge is 2.27. The molecule has 166 valence electrons. The van der Waals surface area contributed by atoms with E-state index in [1.54, 1.807) is 4.68 Å². The SMILES string of the molecule is NC(=O)c1cc2c([nH]c1=O)CCCC2NC(=O)c1nc(-c2cccs2)n(-c2ccccc2)n1. The molecule has 2 amide bonds. The summed E-state index contributed by atoms with van der Waals surface area (Å²) in [5.41, 5.74) is 6.87. The predicted molar refractivity (Wildman–Crippen MR) is 123 cm³/mol. The Hall–Kier alpha value is -4.05. The summed E-state index contributed by atoms with van der Waals surface area (Å²) in [7, 11) is 0. The molecule has 1 aromatic carbocycles. The normalized spacial score (nSPS) is 15.1. The Morgan fingerprint density at radius 3 is 2.73 bits per heavy atom. The zero-order valence-corrected chi connectivity index (χ0v) is 18.3. The van der Waals surface area contributed by atoms with Gasteiger partial charge in [-0.3, -0.25) is 14.4 Å². The van der Waals surface area contributed by atoms with Gasteiger partial charge in [0.25, 0.3) is 17.4 Å². The molecule has 1 aliphatic rings. The molecule has 3 heterocycles. The average Bonchev–Trinajstić information content (AvgIpc) is 3.49. The van der Waals surface area contributed by atoms with Crippen molar-refractivity contribution in [3.05, 3.63) is 86.9 Å². The van der Waals surface area contributed by atoms with Gasteiger partial charge >= 0.3 is 0 Å². The zero-order valence-electron chi connectivity index (χ0n) is 17.4. The van der Waals surface area contributed by atoms with Crippen molar-refractivity contribution in [3.8, 4) is 16.4 Å². The summed E-state index contributed by atoms with van der Waals surface area (Å²) in [5, 5.41) is 9.39. The lowest BCUT2D eigenvalue weighted by atomic mass is 9.90. The number of H-pyrrole nitrogens is 1. The van der Waals surface area contributed by atoms with Crippen LogP contribution in [0.1, 0.15) is 51.1 Å². The summed E-state index contributed by atoms with van der Waals surface area (Å²) >= 11 is 1.51. The molecule has 1 unspecified atom stereocenters. The van der Waals surface area contributed by atoms with Crippen LogP contribution in [0.15, 0.2) is 58.7 Å². The number of thiophene rings is 1. The first-order valence-corrected chi connectivity index (χ1v) is 11.3. The van der Waals surface area contributed by atoms with Crippen molar-refractivity contribution >= 4 is 23.2 Å². The quantitative estimate of drug-likeness (QED) is 0.421. The van der Waals surface area contributed by atoms with Crippen molar-refractivity contribution < 1.29 is 9.59 Å². The number of aromatic nitrogens is 4. The Kier molecular flexibility index (Phi) is 5.35. The first kappa shape index (κ1) is 20.8. The molecule has 0 spiro atoms. The van der Waals surface area contributed by atoms with Gasteiger partial charge in [-0.2, -0.15) is 0 Å². The Balaban J connectivity index is 1.49. The molecule has 1 atom stereocenters. The summed E-state index contributed by atoms with van der Waals surface area (Å²) in [6.07, 6.45) is 2.08. The molecule has 0 bridgehead atoms. The molecule has 0 saturated heterocycles. The summed E-state index contributed by atoms with van der Waals surface area (Å²) in [5.74, 6) is -0.634. The second-order valence-electron chi connectivity index (χ2n) is 7.71. The number of hydrogen-bond donors (Lipinski definition) is 3. The van der Waals surface area contributed by atoms with E-state index >= 15 is 0 Å². The van der Waals surface area contributed by atoms with Crippen LogP contribution in [0.25, 0.3) is 16.4 Å². The average molecular weight is 461 g/mol. The van der Waals surface area contributed by atoms with E-state index in [0.717, 1.165) is 17.0 Å². The molecule has 33 heavy (non-hydrogen) atoms. The molecule has 4 aromatic rings. The molecule has 1 aliphatic carbocycles. The first-order chi connectivity index (χ1) is 16.0. The number of fused-ring (bicyclic) bond motifs is 1. The number of benzene rings is 1. The monoisotopic (exact) mass is 460 g/mol. The molecule has 0 saturated carbocycles. The van der Waals surface area contributed by atoms with Crippen LogP contribution in [-0.2, 0) is 6.42 Å². The van der Waals surface area contributed by atoms with Gasteiger partial charge in [0, 0.05) is 5.69 Å². The van der Waals surface area contributed by atoms with Crippen molar-refractivity contribution in [1.82, 2.24) is 25.1 Å². The van der Waals surface area contributed by atoms with Crippen molar-refractivity contribution in [1.29, 1.82) is 0 Å². The van der Waals surface area contributed by atoms with E-state index in [2.05, 4.69) is 20.4 Å². The van der Waals surface area contributed by atoms with Crippen LogP contribution in [0, 0.1) is 0 Å². The molecule has 3 aromatic heterocycles. The minimum Gasteiger partial charge on any atom is -0.365 e. The maximum Gasteiger partial charge on any atom is 0.291 e. The third-order valence-electron chi connectivity index (χ3n) is 5.58. The number of nitrogens with zero attached hydrogens (tertiary/aromatic N) is 3. The molecule has 4 N–H and O–H groups in total. The van der Waals surface area contributed by atoms with E-state index in [1.807, 2.05) is 47.8 Å². The van der Waals surface area contributed by atoms with Crippen LogP contribution >= 0.6 is 11.3 Å². The van der Waals surface area contributed by atoms with Gasteiger partial charge in [0.2, 0.25) is 5.82 Å². The number of aromatic amines is 1. The second-order valence-corrected chi connectivity index (χ2v) is 8.66. The number of carbonyl (C=O) groups excluding carboxylic acids is 2. The van der Waals surface area contributed by atoms with Crippen molar-refractivity contribution in [2.75, 3.05) is 0 Å². The van der Waals surface area contributed by atoms with E-state index in [1.165, 1.54) is 17.4 Å². The highest BCUT2D eigenvalue weighted by Crippen LogP contribution is 2.29. The highest BCUT2D eigenvalue weighted by molar-refractivity contribution is 7.13. The van der Waals surface area contributed by atoms with Crippen molar-refractivity contribution in [3.63, 3.8) is 0 Å². The van der Waals surface area contributed by atoms with Gasteiger partial charge in [0.1, 0.15) is 5.56 Å².